The Morgan fingerprint density at radius 3 is 2.50 bits per heavy atom. The Kier molecular flexibility index (Phi) is 9.02. The molecule has 0 aliphatic heterocycles. The molecular formula is C30H32ClFN4O2. The first kappa shape index (κ1) is 27.2. The number of carbonyl (C=O) groups is 2. The van der Waals surface area contributed by atoms with Crippen molar-refractivity contribution in [3.63, 3.8) is 0 Å². The van der Waals surface area contributed by atoms with Crippen molar-refractivity contribution in [3.8, 4) is 0 Å². The van der Waals surface area contributed by atoms with E-state index in [4.69, 9.17) is 11.6 Å². The number of hydrogen-bond acceptors (Lipinski definition) is 2. The zero-order valence-corrected chi connectivity index (χ0v) is 22.4. The molecule has 2 N–H and O–H groups in total. The van der Waals surface area contributed by atoms with Gasteiger partial charge in [0.25, 0.3) is 0 Å². The highest BCUT2D eigenvalue weighted by Crippen LogP contribution is 2.21. The number of benzene rings is 3. The summed E-state index contributed by atoms with van der Waals surface area (Å²) < 4.78 is 13.5. The van der Waals surface area contributed by atoms with Crippen molar-refractivity contribution in [2.75, 3.05) is 25.0 Å². The van der Waals surface area contributed by atoms with Crippen molar-refractivity contribution in [2.24, 2.45) is 0 Å². The van der Waals surface area contributed by atoms with Crippen LogP contribution in [0.2, 0.25) is 5.02 Å². The number of aromatic nitrogens is 1. The van der Waals surface area contributed by atoms with Crippen molar-refractivity contribution in [2.45, 2.75) is 33.2 Å². The number of urea groups is 1. The predicted octanol–water partition coefficient (Wildman–Crippen LogP) is 6.78. The third-order valence-corrected chi connectivity index (χ3v) is 6.90. The maximum Gasteiger partial charge on any atom is 0.322 e. The van der Waals surface area contributed by atoms with Gasteiger partial charge < -0.3 is 20.1 Å². The number of aromatic amines is 1. The summed E-state index contributed by atoms with van der Waals surface area (Å²) in [6, 6.07) is 19.1. The number of aryl methyl sites for hydroxylation is 1. The zero-order chi connectivity index (χ0) is 27.1. The molecule has 0 atom stereocenters. The second-order valence-corrected chi connectivity index (χ2v) is 9.77. The Labute approximate surface area is 227 Å². The monoisotopic (exact) mass is 534 g/mol. The summed E-state index contributed by atoms with van der Waals surface area (Å²) in [4.78, 5) is 33.2. The summed E-state index contributed by atoms with van der Waals surface area (Å²) in [6.07, 6.45) is 3.30. The van der Waals surface area contributed by atoms with Gasteiger partial charge in [-0.3, -0.25) is 4.79 Å². The van der Waals surface area contributed by atoms with E-state index >= 15 is 0 Å². The number of para-hydroxylation sites is 1. The molecule has 0 aliphatic rings. The van der Waals surface area contributed by atoms with Crippen LogP contribution in [-0.2, 0) is 17.8 Å². The highest BCUT2D eigenvalue weighted by Gasteiger charge is 2.22. The number of nitrogens with one attached hydrogen (secondary N) is 2. The number of carbonyl (C=O) groups excluding carboxylic acids is 2. The van der Waals surface area contributed by atoms with Gasteiger partial charge in [0.05, 0.1) is 0 Å². The standard InChI is InChI=1S/C30H32ClFN4O2/c1-3-15-36(30(38)34-25-13-8-21(2)27(31)17-25)20-29(37)35(19-22-9-11-24(32)12-10-22)16-14-23-18-33-28-7-5-4-6-26(23)28/h4-13,17-18,33H,3,14-16,19-20H2,1-2H3,(H,34,38). The lowest BCUT2D eigenvalue weighted by Gasteiger charge is -2.28. The average molecular weight is 535 g/mol. The lowest BCUT2D eigenvalue weighted by Crippen LogP contribution is -2.45. The lowest BCUT2D eigenvalue weighted by molar-refractivity contribution is -0.132. The van der Waals surface area contributed by atoms with Gasteiger partial charge in [0.15, 0.2) is 0 Å². The Hall–Kier alpha value is -3.84. The molecule has 1 aromatic heterocycles. The smallest absolute Gasteiger partial charge is 0.322 e. The molecule has 0 bridgehead atoms. The molecule has 0 saturated carbocycles. The molecule has 4 aromatic rings. The third kappa shape index (κ3) is 6.92. The largest absolute Gasteiger partial charge is 0.361 e. The van der Waals surface area contributed by atoms with Crippen LogP contribution in [0.4, 0.5) is 14.9 Å². The average Bonchev–Trinajstić information content (AvgIpc) is 3.32. The minimum absolute atomic E-state index is 0.0751. The first-order valence-electron chi connectivity index (χ1n) is 12.7. The number of fused-ring (bicyclic) bond motifs is 1. The van der Waals surface area contributed by atoms with E-state index in [0.717, 1.165) is 27.6 Å². The SMILES string of the molecule is CCCN(CC(=O)N(CCc1c[nH]c2ccccc12)Cc1ccc(F)cc1)C(=O)Nc1ccc(C)c(Cl)c1. The number of halogens is 2. The Morgan fingerprint density at radius 2 is 1.76 bits per heavy atom. The summed E-state index contributed by atoms with van der Waals surface area (Å²) in [7, 11) is 0. The summed E-state index contributed by atoms with van der Waals surface area (Å²) in [6.45, 7) is 4.96. The molecule has 0 saturated heterocycles. The van der Waals surface area contributed by atoms with Gasteiger partial charge in [-0.15, -0.1) is 0 Å². The van der Waals surface area contributed by atoms with Crippen LogP contribution in [0.15, 0.2) is 72.9 Å². The van der Waals surface area contributed by atoms with E-state index in [1.807, 2.05) is 44.3 Å². The van der Waals surface area contributed by atoms with E-state index in [0.29, 0.717) is 43.2 Å². The fourth-order valence-electron chi connectivity index (χ4n) is 4.35. The molecule has 0 aliphatic carbocycles. The maximum atomic E-state index is 13.6. The van der Waals surface area contributed by atoms with Gasteiger partial charge in [-0.1, -0.05) is 54.9 Å². The number of H-pyrrole nitrogens is 1. The molecule has 198 valence electrons. The van der Waals surface area contributed by atoms with E-state index in [9.17, 15) is 14.0 Å². The summed E-state index contributed by atoms with van der Waals surface area (Å²) in [5.74, 6) is -0.507. The van der Waals surface area contributed by atoms with E-state index in [1.54, 1.807) is 29.2 Å². The minimum atomic E-state index is -0.363. The van der Waals surface area contributed by atoms with Gasteiger partial charge in [-0.25, -0.2) is 9.18 Å². The Morgan fingerprint density at radius 1 is 1.00 bits per heavy atom. The number of nitrogens with zero attached hydrogens (tertiary/aromatic N) is 2. The van der Waals surface area contributed by atoms with E-state index < -0.39 is 0 Å². The lowest BCUT2D eigenvalue weighted by atomic mass is 10.1. The molecular weight excluding hydrogens is 503 g/mol. The van der Waals surface area contributed by atoms with Crippen molar-refractivity contribution in [1.82, 2.24) is 14.8 Å². The summed E-state index contributed by atoms with van der Waals surface area (Å²) in [5, 5.41) is 4.53. The fraction of sp³-hybridized carbons (Fsp3) is 0.267. The number of rotatable bonds is 10. The van der Waals surface area contributed by atoms with Gasteiger partial charge >= 0.3 is 6.03 Å². The molecule has 38 heavy (non-hydrogen) atoms. The second kappa shape index (κ2) is 12.6. The first-order valence-corrected chi connectivity index (χ1v) is 13.1. The molecule has 4 rings (SSSR count). The van der Waals surface area contributed by atoms with Gasteiger partial charge in [0, 0.05) is 47.4 Å². The first-order chi connectivity index (χ1) is 18.3. The zero-order valence-electron chi connectivity index (χ0n) is 21.6. The van der Waals surface area contributed by atoms with Crippen LogP contribution >= 0.6 is 11.6 Å². The van der Waals surface area contributed by atoms with Crippen molar-refractivity contribution in [3.05, 3.63) is 100 Å². The van der Waals surface area contributed by atoms with E-state index in [-0.39, 0.29) is 24.3 Å². The maximum absolute atomic E-state index is 13.6. The van der Waals surface area contributed by atoms with Gasteiger partial charge in [0.2, 0.25) is 5.91 Å². The topological polar surface area (TPSA) is 68.4 Å². The Balaban J connectivity index is 1.50. The molecule has 8 heteroatoms. The number of amides is 3. The van der Waals surface area contributed by atoms with Crippen LogP contribution in [-0.4, -0.2) is 46.4 Å². The van der Waals surface area contributed by atoms with E-state index in [2.05, 4.69) is 16.4 Å². The highest BCUT2D eigenvalue weighted by molar-refractivity contribution is 6.31. The molecule has 0 fully saturated rings. The summed E-state index contributed by atoms with van der Waals surface area (Å²) >= 11 is 6.21. The highest BCUT2D eigenvalue weighted by atomic mass is 35.5. The number of hydrogen-bond donors (Lipinski definition) is 2. The van der Waals surface area contributed by atoms with Crippen LogP contribution in [0.3, 0.4) is 0 Å². The van der Waals surface area contributed by atoms with E-state index in [1.165, 1.54) is 17.0 Å². The molecule has 3 aromatic carbocycles. The van der Waals surface area contributed by atoms with Crippen LogP contribution in [0.5, 0.6) is 0 Å². The van der Waals surface area contributed by atoms with Crippen molar-refractivity contribution in [1.29, 1.82) is 0 Å². The minimum Gasteiger partial charge on any atom is -0.361 e. The third-order valence-electron chi connectivity index (χ3n) is 6.50. The Bertz CT molecular complexity index is 1400. The molecule has 6 nitrogen and oxygen atoms in total. The molecule has 1 heterocycles. The van der Waals surface area contributed by atoms with Gasteiger partial charge in [-0.05, 0) is 66.8 Å². The predicted molar refractivity (Wildman–Crippen MR) is 151 cm³/mol. The van der Waals surface area contributed by atoms with Crippen LogP contribution in [0.25, 0.3) is 10.9 Å². The second-order valence-electron chi connectivity index (χ2n) is 9.37. The molecule has 0 spiro atoms. The summed E-state index contributed by atoms with van der Waals surface area (Å²) in [5.41, 5.74) is 4.45. The molecule has 0 radical (unpaired) electrons. The molecule has 3 amide bonds. The van der Waals surface area contributed by atoms with Gasteiger partial charge in [0.1, 0.15) is 12.4 Å². The van der Waals surface area contributed by atoms with Gasteiger partial charge in [-0.2, -0.15) is 0 Å². The van der Waals surface area contributed by atoms with Crippen molar-refractivity contribution >= 4 is 40.1 Å². The van der Waals surface area contributed by atoms with Crippen LogP contribution in [0.1, 0.15) is 30.0 Å². The molecule has 0 unspecified atom stereocenters. The van der Waals surface area contributed by atoms with Crippen molar-refractivity contribution < 1.29 is 14.0 Å². The van der Waals surface area contributed by atoms with Crippen LogP contribution < -0.4 is 5.32 Å². The number of anilines is 1. The van der Waals surface area contributed by atoms with Crippen LogP contribution in [0, 0.1) is 12.7 Å². The fourth-order valence-corrected chi connectivity index (χ4v) is 4.54. The normalized spacial score (nSPS) is 10.9. The quantitative estimate of drug-likeness (QED) is 0.235.